The van der Waals surface area contributed by atoms with E-state index >= 15 is 0 Å². The van der Waals surface area contributed by atoms with Crippen LogP contribution in [0.5, 0.6) is 0 Å². The van der Waals surface area contributed by atoms with Crippen LogP contribution in [-0.4, -0.2) is 42.9 Å². The van der Waals surface area contributed by atoms with Gasteiger partial charge in [-0.2, -0.15) is 5.10 Å². The molecule has 5 rings (SSSR count). The molecule has 1 atom stereocenters. The third-order valence-corrected chi connectivity index (χ3v) is 7.90. The molecule has 0 amide bonds. The first kappa shape index (κ1) is 27.6. The van der Waals surface area contributed by atoms with Crippen LogP contribution >= 0.6 is 38.9 Å². The molecule has 0 spiro atoms. The first-order chi connectivity index (χ1) is 18.5. The Morgan fingerprint density at radius 2 is 1.92 bits per heavy atom. The molecule has 0 fully saturated rings. The zero-order valence-electron chi connectivity index (χ0n) is 22.4. The lowest BCUT2D eigenvalue weighted by Gasteiger charge is -2.29. The number of fused-ring (bicyclic) bond motifs is 2. The number of aromatic nitrogens is 5. The van der Waals surface area contributed by atoms with Crippen LogP contribution in [0.4, 0.5) is 0 Å². The fourth-order valence-electron chi connectivity index (χ4n) is 4.45. The zero-order valence-corrected chi connectivity index (χ0v) is 25.5. The third kappa shape index (κ3) is 5.43. The highest BCUT2D eigenvalue weighted by Crippen LogP contribution is 2.44. The summed E-state index contributed by atoms with van der Waals surface area (Å²) >= 11 is 11.2. The number of rotatable bonds is 6. The van der Waals surface area contributed by atoms with Crippen LogP contribution in [0.3, 0.4) is 0 Å². The van der Waals surface area contributed by atoms with Gasteiger partial charge in [0.05, 0.1) is 28.6 Å². The van der Waals surface area contributed by atoms with Gasteiger partial charge in [0.2, 0.25) is 0 Å². The molecule has 0 aliphatic rings. The molecule has 0 N–H and O–H groups in total. The highest BCUT2D eigenvalue weighted by molar-refractivity contribution is 9.10. The van der Waals surface area contributed by atoms with Gasteiger partial charge in [0.15, 0.2) is 16.4 Å². The Labute approximate surface area is 243 Å². The normalized spacial score (nSPS) is 12.8. The summed E-state index contributed by atoms with van der Waals surface area (Å²) in [5.74, 6) is -0.437. The minimum atomic E-state index is -0.937. The smallest absolute Gasteiger partial charge is 0.339 e. The molecule has 39 heavy (non-hydrogen) atoms. The number of nitrogens with zero attached hydrogens (tertiary/aromatic N) is 5. The van der Waals surface area contributed by atoms with E-state index in [0.717, 1.165) is 32.5 Å². The van der Waals surface area contributed by atoms with Crippen LogP contribution in [0.15, 0.2) is 41.1 Å². The van der Waals surface area contributed by atoms with Crippen molar-refractivity contribution in [3.8, 4) is 21.8 Å². The maximum atomic E-state index is 13.3. The average Bonchev–Trinajstić information content (AvgIpc) is 3.42. The summed E-state index contributed by atoms with van der Waals surface area (Å²) in [6.45, 7) is 9.76. The third-order valence-electron chi connectivity index (χ3n) is 6.01. The summed E-state index contributed by atoms with van der Waals surface area (Å²) in [5, 5.41) is 5.67. The maximum absolute atomic E-state index is 13.3. The predicted octanol–water partition coefficient (Wildman–Crippen LogP) is 7.45. The number of hydrogen-bond donors (Lipinski definition) is 0. The van der Waals surface area contributed by atoms with Gasteiger partial charge in [0.1, 0.15) is 16.2 Å². The van der Waals surface area contributed by atoms with E-state index in [2.05, 4.69) is 26.0 Å². The van der Waals surface area contributed by atoms with Gasteiger partial charge in [0.25, 0.3) is 0 Å². The largest absolute Gasteiger partial charge is 0.464 e. The van der Waals surface area contributed by atoms with Crippen LogP contribution in [-0.2, 0) is 21.3 Å². The number of carbonyl (C=O) groups excluding carboxylic acids is 1. The molecule has 202 valence electrons. The molecule has 0 saturated carbocycles. The Kier molecular flexibility index (Phi) is 7.49. The molecule has 0 aliphatic heterocycles. The van der Waals surface area contributed by atoms with Crippen LogP contribution < -0.4 is 0 Å². The molecule has 0 saturated heterocycles. The van der Waals surface area contributed by atoms with Crippen molar-refractivity contribution < 1.29 is 14.3 Å². The number of hydrogen-bond acceptors (Lipinski definition) is 8. The second kappa shape index (κ2) is 10.6. The quantitative estimate of drug-likeness (QED) is 0.180. The average molecular weight is 629 g/mol. The highest BCUT2D eigenvalue weighted by atomic mass is 79.9. The van der Waals surface area contributed by atoms with Crippen LogP contribution in [0.2, 0.25) is 5.02 Å². The Hall–Kier alpha value is -2.92. The number of aryl methyl sites for hydroxylation is 2. The Bertz CT molecular complexity index is 1710. The number of halogens is 2. The summed E-state index contributed by atoms with van der Waals surface area (Å²) in [5.41, 5.74) is 5.49. The molecule has 0 bridgehead atoms. The Morgan fingerprint density at radius 1 is 1.21 bits per heavy atom. The van der Waals surface area contributed by atoms with Crippen molar-refractivity contribution in [2.45, 2.75) is 46.3 Å². The van der Waals surface area contributed by atoms with E-state index < -0.39 is 17.7 Å². The lowest BCUT2D eigenvalue weighted by atomic mass is 9.91. The van der Waals surface area contributed by atoms with E-state index in [0.29, 0.717) is 31.5 Å². The summed E-state index contributed by atoms with van der Waals surface area (Å²) in [6.07, 6.45) is 0.765. The van der Waals surface area contributed by atoms with Crippen molar-refractivity contribution in [2.75, 3.05) is 6.61 Å². The molecule has 3 heterocycles. The number of thiazole rings is 1. The van der Waals surface area contributed by atoms with Gasteiger partial charge in [-0.15, -0.1) is 11.3 Å². The second-order valence-corrected chi connectivity index (χ2v) is 12.2. The van der Waals surface area contributed by atoms with Gasteiger partial charge in [0, 0.05) is 23.2 Å². The van der Waals surface area contributed by atoms with Crippen LogP contribution in [0, 0.1) is 6.92 Å². The monoisotopic (exact) mass is 627 g/mol. The van der Waals surface area contributed by atoms with E-state index in [4.69, 9.17) is 31.0 Å². The van der Waals surface area contributed by atoms with Crippen LogP contribution in [0.25, 0.3) is 43.2 Å². The summed E-state index contributed by atoms with van der Waals surface area (Å²) in [7, 11) is 1.82. The Balaban J connectivity index is 1.78. The first-order valence-electron chi connectivity index (χ1n) is 12.4. The minimum absolute atomic E-state index is 0.246. The number of ether oxygens (including phenoxy) is 2. The van der Waals surface area contributed by atoms with Crippen LogP contribution in [0.1, 0.15) is 44.9 Å². The van der Waals surface area contributed by atoms with Crippen molar-refractivity contribution >= 4 is 66.2 Å². The molecule has 0 unspecified atom stereocenters. The van der Waals surface area contributed by atoms with Gasteiger partial charge < -0.3 is 9.47 Å². The molecule has 8 nitrogen and oxygen atoms in total. The van der Waals surface area contributed by atoms with Gasteiger partial charge in [-0.1, -0.05) is 23.7 Å². The summed E-state index contributed by atoms with van der Waals surface area (Å²) in [4.78, 5) is 27.6. The second-order valence-electron chi connectivity index (χ2n) is 10.1. The van der Waals surface area contributed by atoms with Gasteiger partial charge in [-0.3, -0.25) is 0 Å². The lowest BCUT2D eigenvalue weighted by Crippen LogP contribution is -2.29. The van der Waals surface area contributed by atoms with Crippen molar-refractivity contribution in [2.24, 2.45) is 7.05 Å². The zero-order chi connectivity index (χ0) is 28.1. The molecular formula is C28H27BrClN5O3S. The topological polar surface area (TPSA) is 92.0 Å². The Morgan fingerprint density at radius 3 is 2.59 bits per heavy atom. The van der Waals surface area contributed by atoms with E-state index in [1.54, 1.807) is 17.8 Å². The maximum Gasteiger partial charge on any atom is 0.339 e. The summed E-state index contributed by atoms with van der Waals surface area (Å²) in [6, 6.07) is 9.53. The number of carbonyl (C=O) groups is 1. The first-order valence-corrected chi connectivity index (χ1v) is 14.4. The SMILES string of the molecule is CCOC(=O)[C@@H](OC(C)(C)C)c1c(C)cc2nc(-c3cnc4c(n3)c(Br)nn4C)sc2c1-c1ccc(Cl)cc1. The van der Waals surface area contributed by atoms with Gasteiger partial charge in [-0.25, -0.2) is 24.4 Å². The fraction of sp³-hybridized carbons (Fsp3) is 0.321. The van der Waals surface area contributed by atoms with Gasteiger partial charge >= 0.3 is 5.97 Å². The molecule has 0 aliphatic carbocycles. The van der Waals surface area contributed by atoms with E-state index in [9.17, 15) is 4.79 Å². The van der Waals surface area contributed by atoms with Crippen molar-refractivity contribution in [3.63, 3.8) is 0 Å². The van der Waals surface area contributed by atoms with E-state index in [1.807, 2.05) is 65.1 Å². The molecular weight excluding hydrogens is 602 g/mol. The molecule has 5 aromatic rings. The predicted molar refractivity (Wildman–Crippen MR) is 158 cm³/mol. The number of esters is 1. The number of benzene rings is 2. The van der Waals surface area contributed by atoms with E-state index in [1.165, 1.54) is 11.3 Å². The fourth-order valence-corrected chi connectivity index (χ4v) is 6.15. The van der Waals surface area contributed by atoms with Crippen molar-refractivity contribution in [1.29, 1.82) is 0 Å². The highest BCUT2D eigenvalue weighted by Gasteiger charge is 2.33. The lowest BCUT2D eigenvalue weighted by molar-refractivity contribution is -0.166. The molecule has 0 radical (unpaired) electrons. The molecule has 11 heteroatoms. The molecule has 2 aromatic carbocycles. The minimum Gasteiger partial charge on any atom is -0.464 e. The van der Waals surface area contributed by atoms with Crippen molar-refractivity contribution in [1.82, 2.24) is 24.7 Å². The standard InChI is InChI=1S/C28H27BrClN5O3S/c1-7-37-27(36)22(38-28(3,4)5)19-14(2)12-17-23(20(19)15-8-10-16(30)11-9-15)39-26(33-17)18-13-31-25-21(32-18)24(29)34-35(25)6/h8-13,22H,7H2,1-6H3/t22-/m0/s1. The van der Waals surface area contributed by atoms with Crippen molar-refractivity contribution in [3.05, 3.63) is 57.3 Å². The molecule has 3 aromatic heterocycles. The van der Waals surface area contributed by atoms with E-state index in [-0.39, 0.29) is 6.61 Å². The van der Waals surface area contributed by atoms with Gasteiger partial charge in [-0.05, 0) is 79.9 Å². The summed E-state index contributed by atoms with van der Waals surface area (Å²) < 4.78 is 15.0.